The SMILES string of the molecule is FC1CC(F)(C(F)F)C(F)S1. The average molecular weight is 192 g/mol. The number of halogens is 5. The number of rotatable bonds is 1. The Morgan fingerprint density at radius 1 is 1.36 bits per heavy atom. The van der Waals surface area contributed by atoms with Gasteiger partial charge in [0, 0.05) is 6.42 Å². The summed E-state index contributed by atoms with van der Waals surface area (Å²) in [5.41, 5.74) is -7.59. The second-order valence-electron chi connectivity index (χ2n) is 2.29. The van der Waals surface area contributed by atoms with Crippen LogP contribution < -0.4 is 0 Å². The van der Waals surface area contributed by atoms with Crippen LogP contribution in [0.2, 0.25) is 0 Å². The topological polar surface area (TPSA) is 0 Å². The minimum atomic E-state index is -3.45. The Labute approximate surface area is 64.1 Å². The van der Waals surface area contributed by atoms with E-state index in [1.807, 2.05) is 0 Å². The second kappa shape index (κ2) is 2.80. The minimum absolute atomic E-state index is 0.0327. The second-order valence-corrected chi connectivity index (χ2v) is 3.49. The predicted molar refractivity (Wildman–Crippen MR) is 31.8 cm³/mol. The van der Waals surface area contributed by atoms with Crippen molar-refractivity contribution in [3.05, 3.63) is 0 Å². The molecule has 6 heteroatoms. The highest BCUT2D eigenvalue weighted by Crippen LogP contribution is 2.48. The predicted octanol–water partition coefficient (Wildman–Crippen LogP) is 2.69. The molecule has 0 aromatic rings. The van der Waals surface area contributed by atoms with Crippen molar-refractivity contribution in [2.24, 2.45) is 0 Å². The molecule has 0 spiro atoms. The monoisotopic (exact) mass is 192 g/mol. The van der Waals surface area contributed by atoms with Gasteiger partial charge in [-0.15, -0.1) is 0 Å². The van der Waals surface area contributed by atoms with Crippen LogP contribution in [0.15, 0.2) is 0 Å². The maximum atomic E-state index is 12.7. The third-order valence-corrected chi connectivity index (χ3v) is 2.57. The highest BCUT2D eigenvalue weighted by molar-refractivity contribution is 8.00. The Bertz CT molecular complexity index is 152. The molecule has 3 unspecified atom stereocenters. The molecule has 0 bridgehead atoms. The van der Waals surface area contributed by atoms with E-state index in [0.29, 0.717) is 0 Å². The van der Waals surface area contributed by atoms with Gasteiger partial charge in [-0.05, 0) is 0 Å². The van der Waals surface area contributed by atoms with Crippen molar-refractivity contribution in [1.29, 1.82) is 0 Å². The molecular formula is C5H5F5S. The summed E-state index contributed by atoms with van der Waals surface area (Å²) in [4.78, 5) is 0. The Morgan fingerprint density at radius 2 is 1.91 bits per heavy atom. The minimum Gasteiger partial charge on any atom is -0.235 e. The highest BCUT2D eigenvalue weighted by Gasteiger charge is 2.56. The van der Waals surface area contributed by atoms with Gasteiger partial charge in [-0.25, -0.2) is 22.0 Å². The highest BCUT2D eigenvalue weighted by atomic mass is 32.2. The summed E-state index contributed by atoms with van der Waals surface area (Å²) >= 11 is -0.0327. The van der Waals surface area contributed by atoms with E-state index in [1.165, 1.54) is 0 Å². The molecule has 66 valence electrons. The van der Waals surface area contributed by atoms with E-state index in [0.717, 1.165) is 0 Å². The first kappa shape index (κ1) is 9.09. The van der Waals surface area contributed by atoms with Crippen LogP contribution in [0.25, 0.3) is 0 Å². The summed E-state index contributed by atoms with van der Waals surface area (Å²) in [6, 6.07) is 0. The zero-order valence-corrected chi connectivity index (χ0v) is 6.05. The molecule has 1 rings (SSSR count). The summed E-state index contributed by atoms with van der Waals surface area (Å²) in [7, 11) is 0. The zero-order valence-electron chi connectivity index (χ0n) is 5.24. The van der Waals surface area contributed by atoms with Crippen LogP contribution >= 0.6 is 11.8 Å². The van der Waals surface area contributed by atoms with Crippen molar-refractivity contribution < 1.29 is 22.0 Å². The molecule has 0 radical (unpaired) electrons. The third-order valence-electron chi connectivity index (χ3n) is 1.48. The van der Waals surface area contributed by atoms with Crippen LogP contribution in [0, 0.1) is 0 Å². The third kappa shape index (κ3) is 1.45. The van der Waals surface area contributed by atoms with Gasteiger partial charge in [-0.1, -0.05) is 11.8 Å². The molecule has 0 amide bonds. The van der Waals surface area contributed by atoms with Gasteiger partial charge >= 0.3 is 0 Å². The Hall–Kier alpha value is -0.0000000000000000555. The molecule has 0 aromatic carbocycles. The lowest BCUT2D eigenvalue weighted by atomic mass is 10.1. The van der Waals surface area contributed by atoms with Crippen LogP contribution in [-0.4, -0.2) is 23.1 Å². The van der Waals surface area contributed by atoms with Gasteiger partial charge in [0.15, 0.2) is 11.0 Å². The fraction of sp³-hybridized carbons (Fsp3) is 1.00. The first-order valence-corrected chi connectivity index (χ1v) is 3.82. The van der Waals surface area contributed by atoms with Crippen molar-refractivity contribution >= 4 is 11.8 Å². The molecule has 1 heterocycles. The summed E-state index contributed by atoms with van der Waals surface area (Å²) < 4.78 is 60.7. The lowest BCUT2D eigenvalue weighted by Gasteiger charge is -2.18. The van der Waals surface area contributed by atoms with E-state index in [1.54, 1.807) is 0 Å². The van der Waals surface area contributed by atoms with Gasteiger partial charge in [0.1, 0.15) is 0 Å². The maximum absolute atomic E-state index is 12.7. The zero-order chi connectivity index (χ0) is 8.65. The number of hydrogen-bond donors (Lipinski definition) is 0. The van der Waals surface area contributed by atoms with Crippen molar-refractivity contribution in [3.63, 3.8) is 0 Å². The number of hydrogen-bond acceptors (Lipinski definition) is 1. The molecule has 0 nitrogen and oxygen atoms in total. The lowest BCUT2D eigenvalue weighted by molar-refractivity contribution is -0.0608. The largest absolute Gasteiger partial charge is 0.276 e. The van der Waals surface area contributed by atoms with E-state index in [4.69, 9.17) is 0 Å². The normalized spacial score (nSPS) is 45.3. The molecule has 3 atom stereocenters. The Morgan fingerprint density at radius 3 is 2.09 bits per heavy atom. The molecule has 0 N–H and O–H groups in total. The number of thioether (sulfide) groups is 1. The van der Waals surface area contributed by atoms with Gasteiger partial charge < -0.3 is 0 Å². The standard InChI is InChI=1S/C5H5F5S/c6-2-1-5(10,3(7)8)4(9)11-2/h2-4H,1H2. The van der Waals surface area contributed by atoms with Crippen molar-refractivity contribution in [2.45, 2.75) is 29.5 Å². The molecule has 1 saturated heterocycles. The summed E-state index contributed by atoms with van der Waals surface area (Å²) in [5, 5.41) is 0. The molecule has 11 heavy (non-hydrogen) atoms. The Kier molecular flexibility index (Phi) is 2.32. The quantitative estimate of drug-likeness (QED) is 0.575. The lowest BCUT2D eigenvalue weighted by Crippen LogP contribution is -2.36. The molecule has 1 aliphatic rings. The maximum Gasteiger partial charge on any atom is 0.276 e. The molecule has 0 aromatic heterocycles. The summed E-state index contributed by atoms with van der Waals surface area (Å²) in [6.45, 7) is 0. The van der Waals surface area contributed by atoms with Gasteiger partial charge in [0.2, 0.25) is 5.67 Å². The average Bonchev–Trinajstić information content (AvgIpc) is 2.08. The van der Waals surface area contributed by atoms with Crippen molar-refractivity contribution in [2.75, 3.05) is 0 Å². The molecule has 0 aliphatic carbocycles. The van der Waals surface area contributed by atoms with E-state index >= 15 is 0 Å². The molecule has 1 fully saturated rings. The van der Waals surface area contributed by atoms with Crippen LogP contribution in [0.1, 0.15) is 6.42 Å². The summed E-state index contributed by atoms with van der Waals surface area (Å²) in [6.07, 6.45) is -4.51. The summed E-state index contributed by atoms with van der Waals surface area (Å²) in [5.74, 6) is 0. The van der Waals surface area contributed by atoms with Gasteiger partial charge in [0.25, 0.3) is 6.43 Å². The van der Waals surface area contributed by atoms with Crippen molar-refractivity contribution in [3.8, 4) is 0 Å². The van der Waals surface area contributed by atoms with Crippen molar-refractivity contribution in [1.82, 2.24) is 0 Å². The molecular weight excluding hydrogens is 187 g/mol. The van der Waals surface area contributed by atoms with Gasteiger partial charge in [-0.2, -0.15) is 0 Å². The van der Waals surface area contributed by atoms with Gasteiger partial charge in [-0.3, -0.25) is 0 Å². The van der Waals surface area contributed by atoms with E-state index in [9.17, 15) is 22.0 Å². The van der Waals surface area contributed by atoms with E-state index in [2.05, 4.69) is 0 Å². The van der Waals surface area contributed by atoms with Crippen LogP contribution in [0.4, 0.5) is 22.0 Å². The van der Waals surface area contributed by atoms with Crippen LogP contribution in [-0.2, 0) is 0 Å². The fourth-order valence-corrected chi connectivity index (χ4v) is 1.85. The van der Waals surface area contributed by atoms with Crippen LogP contribution in [0.3, 0.4) is 0 Å². The van der Waals surface area contributed by atoms with E-state index < -0.39 is 29.5 Å². The number of alkyl halides is 5. The first-order valence-electron chi connectivity index (χ1n) is 2.87. The molecule has 1 aliphatic heterocycles. The van der Waals surface area contributed by atoms with E-state index in [-0.39, 0.29) is 11.8 Å². The van der Waals surface area contributed by atoms with Crippen LogP contribution in [0.5, 0.6) is 0 Å². The fourth-order valence-electron chi connectivity index (χ4n) is 0.818. The Balaban J connectivity index is 2.71. The van der Waals surface area contributed by atoms with Gasteiger partial charge in [0.05, 0.1) is 0 Å². The molecule has 0 saturated carbocycles. The first-order chi connectivity index (χ1) is 4.97. The smallest absolute Gasteiger partial charge is 0.235 e.